The summed E-state index contributed by atoms with van der Waals surface area (Å²) in [6, 6.07) is 5.40. The maximum Gasteiger partial charge on any atom is 0.125 e. The van der Waals surface area contributed by atoms with Crippen molar-refractivity contribution in [2.75, 3.05) is 13.7 Å². The lowest BCUT2D eigenvalue weighted by molar-refractivity contribution is 0.262. The van der Waals surface area contributed by atoms with Gasteiger partial charge in [0.15, 0.2) is 0 Å². The SMILES string of the molecule is COc1ccc(OCCc2nccn2C)c(CO)c1. The number of benzene rings is 1. The van der Waals surface area contributed by atoms with Gasteiger partial charge in [0.2, 0.25) is 0 Å². The van der Waals surface area contributed by atoms with E-state index in [9.17, 15) is 5.11 Å². The first-order valence-electron chi connectivity index (χ1n) is 6.11. The van der Waals surface area contributed by atoms with Gasteiger partial charge in [-0.2, -0.15) is 0 Å². The number of ether oxygens (including phenoxy) is 2. The summed E-state index contributed by atoms with van der Waals surface area (Å²) in [6.45, 7) is 0.444. The highest BCUT2D eigenvalue weighted by molar-refractivity contribution is 5.39. The van der Waals surface area contributed by atoms with E-state index in [1.807, 2.05) is 29.9 Å². The van der Waals surface area contributed by atoms with Crippen LogP contribution in [0.5, 0.6) is 11.5 Å². The Kier molecular flexibility index (Phi) is 4.41. The van der Waals surface area contributed by atoms with E-state index in [1.54, 1.807) is 19.4 Å². The van der Waals surface area contributed by atoms with Crippen LogP contribution in [0.4, 0.5) is 0 Å². The number of hydrogen-bond donors (Lipinski definition) is 1. The normalized spacial score (nSPS) is 10.5. The largest absolute Gasteiger partial charge is 0.497 e. The van der Waals surface area contributed by atoms with E-state index < -0.39 is 0 Å². The highest BCUT2D eigenvalue weighted by Crippen LogP contribution is 2.24. The minimum atomic E-state index is -0.0745. The summed E-state index contributed by atoms with van der Waals surface area (Å²) >= 11 is 0. The molecule has 2 aromatic rings. The van der Waals surface area contributed by atoms with Gasteiger partial charge in [0.05, 0.1) is 20.3 Å². The van der Waals surface area contributed by atoms with Crippen LogP contribution in [-0.4, -0.2) is 28.4 Å². The fourth-order valence-electron chi connectivity index (χ4n) is 1.84. The number of aliphatic hydroxyl groups is 1. The molecule has 0 fully saturated rings. The summed E-state index contributed by atoms with van der Waals surface area (Å²) in [5, 5.41) is 9.31. The summed E-state index contributed by atoms with van der Waals surface area (Å²) < 4.78 is 12.8. The average molecular weight is 262 g/mol. The Morgan fingerprint density at radius 1 is 1.37 bits per heavy atom. The minimum Gasteiger partial charge on any atom is -0.497 e. The lowest BCUT2D eigenvalue weighted by Crippen LogP contribution is -2.07. The standard InChI is InChI=1S/C14H18N2O3/c1-16-7-6-15-14(16)5-8-19-13-4-3-12(18-2)9-11(13)10-17/h3-4,6-7,9,17H,5,8,10H2,1-2H3. The van der Waals surface area contributed by atoms with Crippen LogP contribution in [0, 0.1) is 0 Å². The van der Waals surface area contributed by atoms with E-state index >= 15 is 0 Å². The van der Waals surface area contributed by atoms with Gasteiger partial charge >= 0.3 is 0 Å². The Bertz CT molecular complexity index is 537. The summed E-state index contributed by atoms with van der Waals surface area (Å²) in [6.07, 6.45) is 4.39. The zero-order chi connectivity index (χ0) is 13.7. The molecule has 5 heteroatoms. The van der Waals surface area contributed by atoms with Crippen LogP contribution in [0.3, 0.4) is 0 Å². The number of nitrogens with zero attached hydrogens (tertiary/aromatic N) is 2. The third kappa shape index (κ3) is 3.26. The van der Waals surface area contributed by atoms with Crippen LogP contribution in [0.25, 0.3) is 0 Å². The lowest BCUT2D eigenvalue weighted by atomic mass is 10.2. The zero-order valence-electron chi connectivity index (χ0n) is 11.2. The fraction of sp³-hybridized carbons (Fsp3) is 0.357. The Balaban J connectivity index is 1.97. The highest BCUT2D eigenvalue weighted by atomic mass is 16.5. The molecule has 1 aromatic carbocycles. The summed E-state index contributed by atoms with van der Waals surface area (Å²) in [7, 11) is 3.55. The number of aromatic nitrogens is 2. The molecule has 0 radical (unpaired) electrons. The molecule has 0 spiro atoms. The van der Waals surface area contributed by atoms with Gasteiger partial charge in [0.1, 0.15) is 17.3 Å². The lowest BCUT2D eigenvalue weighted by Gasteiger charge is -2.11. The van der Waals surface area contributed by atoms with Gasteiger partial charge in [-0.05, 0) is 18.2 Å². The molecule has 0 atom stereocenters. The van der Waals surface area contributed by atoms with E-state index in [2.05, 4.69) is 4.98 Å². The van der Waals surface area contributed by atoms with Crippen molar-refractivity contribution >= 4 is 0 Å². The monoisotopic (exact) mass is 262 g/mol. The molecule has 0 aliphatic carbocycles. The number of hydrogen-bond acceptors (Lipinski definition) is 4. The average Bonchev–Trinajstić information content (AvgIpc) is 2.84. The Labute approximate surface area is 112 Å². The quantitative estimate of drug-likeness (QED) is 0.858. The molecule has 1 aromatic heterocycles. The molecular formula is C14H18N2O3. The molecule has 0 bridgehead atoms. The van der Waals surface area contributed by atoms with Crippen molar-refractivity contribution in [2.45, 2.75) is 13.0 Å². The minimum absolute atomic E-state index is 0.0745. The maximum atomic E-state index is 9.31. The van der Waals surface area contributed by atoms with Crippen molar-refractivity contribution in [3.05, 3.63) is 42.0 Å². The zero-order valence-corrected chi connectivity index (χ0v) is 11.2. The molecule has 102 valence electrons. The number of methoxy groups -OCH3 is 1. The Morgan fingerprint density at radius 3 is 2.84 bits per heavy atom. The molecule has 0 saturated heterocycles. The van der Waals surface area contributed by atoms with Crippen molar-refractivity contribution < 1.29 is 14.6 Å². The molecule has 0 aliphatic rings. The van der Waals surface area contributed by atoms with Gasteiger partial charge in [-0.3, -0.25) is 0 Å². The maximum absolute atomic E-state index is 9.31. The summed E-state index contributed by atoms with van der Waals surface area (Å²) in [4.78, 5) is 4.23. The van der Waals surface area contributed by atoms with Crippen LogP contribution >= 0.6 is 0 Å². The Hall–Kier alpha value is -2.01. The molecule has 19 heavy (non-hydrogen) atoms. The van der Waals surface area contributed by atoms with E-state index in [0.717, 1.165) is 17.8 Å². The number of imidazole rings is 1. The van der Waals surface area contributed by atoms with Gasteiger partial charge in [0.25, 0.3) is 0 Å². The van der Waals surface area contributed by atoms with Crippen molar-refractivity contribution in [3.8, 4) is 11.5 Å². The summed E-state index contributed by atoms with van der Waals surface area (Å²) in [5.74, 6) is 2.36. The van der Waals surface area contributed by atoms with Gasteiger partial charge in [-0.1, -0.05) is 0 Å². The van der Waals surface area contributed by atoms with Gasteiger partial charge in [-0.25, -0.2) is 4.98 Å². The second kappa shape index (κ2) is 6.24. The second-order valence-corrected chi connectivity index (χ2v) is 4.18. The predicted molar refractivity (Wildman–Crippen MR) is 71.3 cm³/mol. The van der Waals surface area contributed by atoms with E-state index in [1.165, 1.54) is 0 Å². The second-order valence-electron chi connectivity index (χ2n) is 4.18. The van der Waals surface area contributed by atoms with Gasteiger partial charge in [-0.15, -0.1) is 0 Å². The highest BCUT2D eigenvalue weighted by Gasteiger charge is 2.06. The molecule has 0 unspecified atom stereocenters. The smallest absolute Gasteiger partial charge is 0.125 e. The van der Waals surface area contributed by atoms with Crippen molar-refractivity contribution in [3.63, 3.8) is 0 Å². The first-order chi connectivity index (χ1) is 9.24. The first kappa shape index (κ1) is 13.4. The van der Waals surface area contributed by atoms with Crippen molar-refractivity contribution in [2.24, 2.45) is 7.05 Å². The van der Waals surface area contributed by atoms with Crippen LogP contribution in [0.1, 0.15) is 11.4 Å². The predicted octanol–water partition coefficient (Wildman–Crippen LogP) is 1.54. The van der Waals surface area contributed by atoms with Crippen molar-refractivity contribution in [1.82, 2.24) is 9.55 Å². The first-order valence-corrected chi connectivity index (χ1v) is 6.11. The molecule has 2 rings (SSSR count). The molecular weight excluding hydrogens is 244 g/mol. The fourth-order valence-corrected chi connectivity index (χ4v) is 1.84. The number of aliphatic hydroxyl groups excluding tert-OH is 1. The molecule has 0 amide bonds. The molecule has 0 aliphatic heterocycles. The summed E-state index contributed by atoms with van der Waals surface area (Å²) in [5.41, 5.74) is 0.721. The third-order valence-corrected chi connectivity index (χ3v) is 2.94. The topological polar surface area (TPSA) is 56.5 Å². The molecule has 0 saturated carbocycles. The van der Waals surface area contributed by atoms with Crippen molar-refractivity contribution in [1.29, 1.82) is 0 Å². The molecule has 5 nitrogen and oxygen atoms in total. The van der Waals surface area contributed by atoms with E-state index in [0.29, 0.717) is 18.1 Å². The Morgan fingerprint density at radius 2 is 2.21 bits per heavy atom. The van der Waals surface area contributed by atoms with Gasteiger partial charge < -0.3 is 19.1 Å². The van der Waals surface area contributed by atoms with Crippen LogP contribution in [0.2, 0.25) is 0 Å². The number of rotatable bonds is 6. The molecule has 1 heterocycles. The van der Waals surface area contributed by atoms with E-state index in [-0.39, 0.29) is 6.61 Å². The number of aryl methyl sites for hydroxylation is 1. The van der Waals surface area contributed by atoms with Crippen LogP contribution in [-0.2, 0) is 20.1 Å². The van der Waals surface area contributed by atoms with Crippen LogP contribution < -0.4 is 9.47 Å². The van der Waals surface area contributed by atoms with Crippen LogP contribution in [0.15, 0.2) is 30.6 Å². The van der Waals surface area contributed by atoms with Gasteiger partial charge in [0, 0.05) is 31.4 Å². The third-order valence-electron chi connectivity index (χ3n) is 2.94. The molecule has 1 N–H and O–H groups in total. The van der Waals surface area contributed by atoms with E-state index in [4.69, 9.17) is 9.47 Å².